The molecule has 0 saturated heterocycles. The third kappa shape index (κ3) is 2.65. The molecule has 1 heterocycles. The fourth-order valence-corrected chi connectivity index (χ4v) is 3.43. The van der Waals surface area contributed by atoms with Gasteiger partial charge < -0.3 is 5.32 Å². The number of nitrogens with zero attached hydrogens (tertiary/aromatic N) is 1. The number of nitrogens with one attached hydrogen (secondary N) is 1. The van der Waals surface area contributed by atoms with Gasteiger partial charge in [0.1, 0.15) is 5.82 Å². The first kappa shape index (κ1) is 13.4. The molecule has 1 aromatic heterocycles. The van der Waals surface area contributed by atoms with E-state index in [2.05, 4.69) is 49.5 Å². The summed E-state index contributed by atoms with van der Waals surface area (Å²) in [6.45, 7) is 4.47. The van der Waals surface area contributed by atoms with Crippen molar-refractivity contribution >= 4 is 16.7 Å². The zero-order chi connectivity index (χ0) is 13.9. The van der Waals surface area contributed by atoms with Gasteiger partial charge in [-0.2, -0.15) is 0 Å². The van der Waals surface area contributed by atoms with E-state index in [4.69, 9.17) is 4.98 Å². The van der Waals surface area contributed by atoms with Gasteiger partial charge in [-0.3, -0.25) is 0 Å². The summed E-state index contributed by atoms with van der Waals surface area (Å²) in [5.74, 6) is 1.88. The molecule has 0 spiro atoms. The Morgan fingerprint density at radius 2 is 2.00 bits per heavy atom. The van der Waals surface area contributed by atoms with Crippen LogP contribution in [0.1, 0.15) is 44.6 Å². The van der Waals surface area contributed by atoms with E-state index in [0.717, 1.165) is 17.3 Å². The Morgan fingerprint density at radius 3 is 2.85 bits per heavy atom. The second-order valence-electron chi connectivity index (χ2n) is 6.05. The van der Waals surface area contributed by atoms with Crippen molar-refractivity contribution in [3.8, 4) is 0 Å². The van der Waals surface area contributed by atoms with Gasteiger partial charge in [0.05, 0.1) is 5.52 Å². The molecule has 0 radical (unpaired) electrons. The highest BCUT2D eigenvalue weighted by Crippen LogP contribution is 2.30. The molecule has 0 aliphatic heterocycles. The summed E-state index contributed by atoms with van der Waals surface area (Å²) in [7, 11) is 0. The zero-order valence-electron chi connectivity index (χ0n) is 12.5. The van der Waals surface area contributed by atoms with E-state index < -0.39 is 0 Å². The lowest BCUT2D eigenvalue weighted by Crippen LogP contribution is -2.32. The number of para-hydroxylation sites is 1. The summed E-state index contributed by atoms with van der Waals surface area (Å²) < 4.78 is 0. The standard InChI is InChI=1S/C18H24N2/c1-3-14-8-4-6-10-16(14)19-18-13(2)12-15-9-5-7-11-17(15)20-18/h5,7,9,11-12,14,16H,3-4,6,8,10H2,1-2H3,(H,19,20). The van der Waals surface area contributed by atoms with Gasteiger partial charge in [-0.25, -0.2) is 4.98 Å². The summed E-state index contributed by atoms with van der Waals surface area (Å²) in [5, 5.41) is 4.96. The molecule has 1 N–H and O–H groups in total. The summed E-state index contributed by atoms with van der Waals surface area (Å²) >= 11 is 0. The number of aromatic nitrogens is 1. The van der Waals surface area contributed by atoms with Gasteiger partial charge in [0.15, 0.2) is 0 Å². The fraction of sp³-hybridized carbons (Fsp3) is 0.500. The van der Waals surface area contributed by atoms with Gasteiger partial charge in [0.2, 0.25) is 0 Å². The Balaban J connectivity index is 1.87. The van der Waals surface area contributed by atoms with Crippen LogP contribution >= 0.6 is 0 Å². The molecule has 106 valence electrons. The molecule has 20 heavy (non-hydrogen) atoms. The average molecular weight is 268 g/mol. The summed E-state index contributed by atoms with van der Waals surface area (Å²) in [4.78, 5) is 4.83. The molecule has 3 rings (SSSR count). The minimum absolute atomic E-state index is 0.598. The Kier molecular flexibility index (Phi) is 3.90. The summed E-state index contributed by atoms with van der Waals surface area (Å²) in [5.41, 5.74) is 2.34. The average Bonchev–Trinajstić information content (AvgIpc) is 2.48. The number of rotatable bonds is 3. The van der Waals surface area contributed by atoms with Crippen LogP contribution in [0.3, 0.4) is 0 Å². The topological polar surface area (TPSA) is 24.9 Å². The molecule has 0 amide bonds. The molecular formula is C18H24N2. The van der Waals surface area contributed by atoms with Crippen LogP contribution in [0.5, 0.6) is 0 Å². The predicted octanol–water partition coefficient (Wildman–Crippen LogP) is 4.92. The van der Waals surface area contributed by atoms with Gasteiger partial charge >= 0.3 is 0 Å². The highest BCUT2D eigenvalue weighted by molar-refractivity contribution is 5.81. The van der Waals surface area contributed by atoms with Crippen LogP contribution in [0.4, 0.5) is 5.82 Å². The normalized spacial score (nSPS) is 22.9. The van der Waals surface area contributed by atoms with Crippen molar-refractivity contribution in [2.75, 3.05) is 5.32 Å². The first-order chi connectivity index (χ1) is 9.78. The number of anilines is 1. The number of pyridine rings is 1. The van der Waals surface area contributed by atoms with Crippen LogP contribution < -0.4 is 5.32 Å². The van der Waals surface area contributed by atoms with Gasteiger partial charge in [0, 0.05) is 11.4 Å². The molecule has 2 aromatic rings. The van der Waals surface area contributed by atoms with Crippen LogP contribution in [0.15, 0.2) is 30.3 Å². The lowest BCUT2D eigenvalue weighted by Gasteiger charge is -2.32. The van der Waals surface area contributed by atoms with E-state index >= 15 is 0 Å². The lowest BCUT2D eigenvalue weighted by molar-refractivity contribution is 0.317. The molecule has 1 aromatic carbocycles. The molecular weight excluding hydrogens is 244 g/mol. The fourth-order valence-electron chi connectivity index (χ4n) is 3.43. The third-order valence-corrected chi connectivity index (χ3v) is 4.67. The van der Waals surface area contributed by atoms with Crippen molar-refractivity contribution in [1.82, 2.24) is 4.98 Å². The van der Waals surface area contributed by atoms with Gasteiger partial charge in [-0.15, -0.1) is 0 Å². The molecule has 1 saturated carbocycles. The van der Waals surface area contributed by atoms with E-state index in [0.29, 0.717) is 6.04 Å². The van der Waals surface area contributed by atoms with Crippen LogP contribution in [0.25, 0.3) is 10.9 Å². The van der Waals surface area contributed by atoms with E-state index in [1.54, 1.807) is 0 Å². The number of fused-ring (bicyclic) bond motifs is 1. The van der Waals surface area contributed by atoms with Gasteiger partial charge in [0.25, 0.3) is 0 Å². The van der Waals surface area contributed by atoms with Crippen molar-refractivity contribution in [3.63, 3.8) is 0 Å². The zero-order valence-corrected chi connectivity index (χ0v) is 12.5. The minimum Gasteiger partial charge on any atom is -0.367 e. The molecule has 2 atom stereocenters. The Bertz CT molecular complexity index is 591. The van der Waals surface area contributed by atoms with E-state index in [-0.39, 0.29) is 0 Å². The maximum absolute atomic E-state index is 4.83. The third-order valence-electron chi connectivity index (χ3n) is 4.67. The van der Waals surface area contributed by atoms with E-state index in [9.17, 15) is 0 Å². The van der Waals surface area contributed by atoms with Gasteiger partial charge in [-0.05, 0) is 43.4 Å². The summed E-state index contributed by atoms with van der Waals surface area (Å²) in [6.07, 6.45) is 6.65. The number of aryl methyl sites for hydroxylation is 1. The first-order valence-electron chi connectivity index (χ1n) is 7.91. The molecule has 1 aliphatic rings. The van der Waals surface area contributed by atoms with E-state index in [1.165, 1.54) is 43.1 Å². The molecule has 1 fully saturated rings. The maximum Gasteiger partial charge on any atom is 0.129 e. The Labute approximate surface area is 121 Å². The quantitative estimate of drug-likeness (QED) is 0.854. The van der Waals surface area contributed by atoms with Crippen molar-refractivity contribution in [1.29, 1.82) is 0 Å². The number of hydrogen-bond donors (Lipinski definition) is 1. The molecule has 2 heteroatoms. The predicted molar refractivity (Wildman–Crippen MR) is 86.1 cm³/mol. The SMILES string of the molecule is CCC1CCCCC1Nc1nc2ccccc2cc1C. The highest BCUT2D eigenvalue weighted by atomic mass is 15.0. The first-order valence-corrected chi connectivity index (χ1v) is 7.91. The second kappa shape index (κ2) is 5.82. The highest BCUT2D eigenvalue weighted by Gasteiger charge is 2.24. The Hall–Kier alpha value is -1.57. The van der Waals surface area contributed by atoms with Crippen LogP contribution in [0.2, 0.25) is 0 Å². The second-order valence-corrected chi connectivity index (χ2v) is 6.05. The smallest absolute Gasteiger partial charge is 0.129 e. The summed E-state index contributed by atoms with van der Waals surface area (Å²) in [6, 6.07) is 11.2. The van der Waals surface area contributed by atoms with Crippen molar-refractivity contribution in [3.05, 3.63) is 35.9 Å². The monoisotopic (exact) mass is 268 g/mol. The number of benzene rings is 1. The van der Waals surface area contributed by atoms with E-state index in [1.807, 2.05) is 0 Å². The van der Waals surface area contributed by atoms with Gasteiger partial charge in [-0.1, -0.05) is 44.4 Å². The maximum atomic E-state index is 4.83. The lowest BCUT2D eigenvalue weighted by atomic mass is 9.83. The molecule has 1 aliphatic carbocycles. The number of hydrogen-bond acceptors (Lipinski definition) is 2. The van der Waals surface area contributed by atoms with Crippen molar-refractivity contribution < 1.29 is 0 Å². The molecule has 2 nitrogen and oxygen atoms in total. The van der Waals surface area contributed by atoms with Crippen LogP contribution in [-0.4, -0.2) is 11.0 Å². The minimum atomic E-state index is 0.598. The molecule has 0 bridgehead atoms. The van der Waals surface area contributed by atoms with Crippen LogP contribution in [0, 0.1) is 12.8 Å². The van der Waals surface area contributed by atoms with Crippen molar-refractivity contribution in [2.24, 2.45) is 5.92 Å². The largest absolute Gasteiger partial charge is 0.367 e. The Morgan fingerprint density at radius 1 is 1.20 bits per heavy atom. The molecule has 2 unspecified atom stereocenters. The van der Waals surface area contributed by atoms with Crippen molar-refractivity contribution in [2.45, 2.75) is 52.0 Å². The van der Waals surface area contributed by atoms with Crippen LogP contribution in [-0.2, 0) is 0 Å².